The molecule has 0 spiro atoms. The van der Waals surface area contributed by atoms with Crippen molar-refractivity contribution in [3.8, 4) is 0 Å². The first-order valence-electron chi connectivity index (χ1n) is 8.26. The SMILES string of the molecule is CCc1nc(C2CCCC2)n2nc(C3(OC)CC3)[nH]c(=O)c12. The molecular formula is C16H22N4O2. The smallest absolute Gasteiger partial charge is 0.277 e. The Morgan fingerprint density at radius 3 is 2.68 bits per heavy atom. The van der Waals surface area contributed by atoms with E-state index in [0.29, 0.717) is 17.3 Å². The van der Waals surface area contributed by atoms with Gasteiger partial charge in [-0.05, 0) is 32.1 Å². The zero-order valence-corrected chi connectivity index (χ0v) is 13.2. The molecule has 0 saturated heterocycles. The number of nitrogens with zero attached hydrogens (tertiary/aromatic N) is 3. The highest BCUT2D eigenvalue weighted by Crippen LogP contribution is 2.46. The maximum Gasteiger partial charge on any atom is 0.277 e. The van der Waals surface area contributed by atoms with Crippen molar-refractivity contribution < 1.29 is 4.74 Å². The van der Waals surface area contributed by atoms with Crippen LogP contribution in [-0.2, 0) is 16.8 Å². The number of aromatic amines is 1. The minimum absolute atomic E-state index is 0.0954. The van der Waals surface area contributed by atoms with Crippen molar-refractivity contribution in [3.05, 3.63) is 27.7 Å². The summed E-state index contributed by atoms with van der Waals surface area (Å²) in [6.45, 7) is 2.03. The molecule has 1 N–H and O–H groups in total. The molecule has 2 fully saturated rings. The lowest BCUT2D eigenvalue weighted by Gasteiger charge is -2.13. The lowest BCUT2D eigenvalue weighted by atomic mass is 10.1. The van der Waals surface area contributed by atoms with E-state index in [1.165, 1.54) is 12.8 Å². The van der Waals surface area contributed by atoms with Gasteiger partial charge in [-0.3, -0.25) is 4.79 Å². The van der Waals surface area contributed by atoms with Gasteiger partial charge in [0.2, 0.25) is 0 Å². The number of aryl methyl sites for hydroxylation is 1. The second-order valence-electron chi connectivity index (χ2n) is 6.51. The van der Waals surface area contributed by atoms with Crippen molar-refractivity contribution in [2.24, 2.45) is 0 Å². The molecule has 22 heavy (non-hydrogen) atoms. The number of fused-ring (bicyclic) bond motifs is 1. The Morgan fingerprint density at radius 2 is 2.09 bits per heavy atom. The van der Waals surface area contributed by atoms with Crippen LogP contribution in [0.4, 0.5) is 0 Å². The van der Waals surface area contributed by atoms with Crippen molar-refractivity contribution in [1.29, 1.82) is 0 Å². The third-order valence-corrected chi connectivity index (χ3v) is 5.18. The van der Waals surface area contributed by atoms with E-state index in [2.05, 4.69) is 4.98 Å². The molecule has 0 bridgehead atoms. The summed E-state index contributed by atoms with van der Waals surface area (Å²) in [5.74, 6) is 2.03. The van der Waals surface area contributed by atoms with Gasteiger partial charge in [0.05, 0.1) is 5.69 Å². The summed E-state index contributed by atoms with van der Waals surface area (Å²) in [5, 5.41) is 4.73. The Morgan fingerprint density at radius 1 is 1.36 bits per heavy atom. The van der Waals surface area contributed by atoms with Crippen LogP contribution in [0.15, 0.2) is 4.79 Å². The summed E-state index contributed by atoms with van der Waals surface area (Å²) in [7, 11) is 1.68. The van der Waals surface area contributed by atoms with Crippen molar-refractivity contribution in [1.82, 2.24) is 19.6 Å². The Balaban J connectivity index is 1.94. The molecule has 2 saturated carbocycles. The van der Waals surface area contributed by atoms with Crippen LogP contribution in [0.1, 0.15) is 68.7 Å². The van der Waals surface area contributed by atoms with Crippen LogP contribution in [0.25, 0.3) is 5.52 Å². The number of ether oxygens (including phenoxy) is 1. The highest BCUT2D eigenvalue weighted by Gasteiger charge is 2.48. The minimum atomic E-state index is -0.392. The summed E-state index contributed by atoms with van der Waals surface area (Å²) in [5.41, 5.74) is 0.975. The first kappa shape index (κ1) is 13.9. The van der Waals surface area contributed by atoms with E-state index in [4.69, 9.17) is 14.8 Å². The van der Waals surface area contributed by atoms with Gasteiger partial charge in [-0.2, -0.15) is 0 Å². The lowest BCUT2D eigenvalue weighted by Crippen LogP contribution is -2.24. The number of hydrogen-bond acceptors (Lipinski definition) is 4. The van der Waals surface area contributed by atoms with Crippen molar-refractivity contribution in [2.45, 2.75) is 63.4 Å². The molecule has 0 atom stereocenters. The molecule has 0 unspecified atom stereocenters. The Labute approximate surface area is 128 Å². The van der Waals surface area contributed by atoms with Gasteiger partial charge >= 0.3 is 0 Å². The predicted molar refractivity (Wildman–Crippen MR) is 82.1 cm³/mol. The third kappa shape index (κ3) is 1.93. The fraction of sp³-hybridized carbons (Fsp3) is 0.688. The van der Waals surface area contributed by atoms with Gasteiger partial charge in [0, 0.05) is 13.0 Å². The maximum absolute atomic E-state index is 12.6. The van der Waals surface area contributed by atoms with Crippen LogP contribution < -0.4 is 5.56 Å². The molecule has 0 aromatic carbocycles. The maximum atomic E-state index is 12.6. The zero-order chi connectivity index (χ0) is 15.3. The molecule has 2 aliphatic carbocycles. The summed E-state index contributed by atoms with van der Waals surface area (Å²) in [4.78, 5) is 20.3. The molecule has 2 heterocycles. The molecule has 0 radical (unpaired) electrons. The quantitative estimate of drug-likeness (QED) is 0.940. The average molecular weight is 302 g/mol. The van der Waals surface area contributed by atoms with E-state index in [0.717, 1.165) is 43.6 Å². The molecule has 118 valence electrons. The molecule has 2 aromatic heterocycles. The molecule has 6 nitrogen and oxygen atoms in total. The van der Waals surface area contributed by atoms with Crippen LogP contribution in [0, 0.1) is 0 Å². The second-order valence-corrected chi connectivity index (χ2v) is 6.51. The van der Waals surface area contributed by atoms with Crippen molar-refractivity contribution in [2.75, 3.05) is 7.11 Å². The Kier molecular flexibility index (Phi) is 3.11. The third-order valence-electron chi connectivity index (χ3n) is 5.18. The summed E-state index contributed by atoms with van der Waals surface area (Å²) in [6.07, 6.45) is 7.31. The van der Waals surface area contributed by atoms with E-state index in [9.17, 15) is 4.79 Å². The van der Waals surface area contributed by atoms with Gasteiger partial charge in [-0.1, -0.05) is 19.8 Å². The van der Waals surface area contributed by atoms with Gasteiger partial charge in [0.25, 0.3) is 5.56 Å². The van der Waals surface area contributed by atoms with Crippen LogP contribution >= 0.6 is 0 Å². The predicted octanol–water partition coefficient (Wildman–Crippen LogP) is 2.27. The highest BCUT2D eigenvalue weighted by atomic mass is 16.5. The monoisotopic (exact) mass is 302 g/mol. The Hall–Kier alpha value is -1.69. The minimum Gasteiger partial charge on any atom is -0.370 e. The van der Waals surface area contributed by atoms with Gasteiger partial charge in [0.1, 0.15) is 11.4 Å². The van der Waals surface area contributed by atoms with Gasteiger partial charge in [-0.15, -0.1) is 5.10 Å². The van der Waals surface area contributed by atoms with Crippen molar-refractivity contribution >= 4 is 5.52 Å². The van der Waals surface area contributed by atoms with Gasteiger partial charge in [0.15, 0.2) is 11.3 Å². The van der Waals surface area contributed by atoms with Crippen LogP contribution in [-0.4, -0.2) is 26.7 Å². The number of hydrogen-bond donors (Lipinski definition) is 1. The fourth-order valence-electron chi connectivity index (χ4n) is 3.65. The first-order chi connectivity index (χ1) is 10.7. The standard InChI is InChI=1S/C16H22N4O2/c1-3-11-12-14(21)18-15(16(22-2)8-9-16)19-20(12)13(17-11)10-6-4-5-7-10/h10H,3-9H2,1-2H3,(H,18,19,21). The van der Waals surface area contributed by atoms with E-state index in [1.807, 2.05) is 11.4 Å². The topological polar surface area (TPSA) is 72.3 Å². The average Bonchev–Trinajstić information content (AvgIpc) is 2.97. The zero-order valence-electron chi connectivity index (χ0n) is 13.2. The molecule has 2 aliphatic rings. The number of H-pyrrole nitrogens is 1. The highest BCUT2D eigenvalue weighted by molar-refractivity contribution is 5.51. The molecule has 6 heteroatoms. The van der Waals surface area contributed by atoms with E-state index >= 15 is 0 Å². The van der Waals surface area contributed by atoms with Crippen LogP contribution in [0.5, 0.6) is 0 Å². The number of imidazole rings is 1. The van der Waals surface area contributed by atoms with Crippen LogP contribution in [0.2, 0.25) is 0 Å². The number of methoxy groups -OCH3 is 1. The molecule has 4 rings (SSSR count). The van der Waals surface area contributed by atoms with Crippen molar-refractivity contribution in [3.63, 3.8) is 0 Å². The van der Waals surface area contributed by atoms with Gasteiger partial charge in [-0.25, -0.2) is 9.50 Å². The molecule has 0 amide bonds. The summed E-state index contributed by atoms with van der Waals surface area (Å²) >= 11 is 0. The Bertz CT molecular complexity index is 766. The summed E-state index contributed by atoms with van der Waals surface area (Å²) in [6, 6.07) is 0. The lowest BCUT2D eigenvalue weighted by molar-refractivity contribution is 0.0696. The largest absolute Gasteiger partial charge is 0.370 e. The second kappa shape index (κ2) is 4.91. The number of nitrogens with one attached hydrogen (secondary N) is 1. The van der Waals surface area contributed by atoms with Crippen LogP contribution in [0.3, 0.4) is 0 Å². The number of rotatable bonds is 4. The molecule has 2 aromatic rings. The molecule has 0 aliphatic heterocycles. The molecular weight excluding hydrogens is 280 g/mol. The van der Waals surface area contributed by atoms with Gasteiger partial charge < -0.3 is 9.72 Å². The van der Waals surface area contributed by atoms with E-state index in [-0.39, 0.29) is 5.56 Å². The van der Waals surface area contributed by atoms with E-state index < -0.39 is 5.60 Å². The number of aromatic nitrogens is 4. The van der Waals surface area contributed by atoms with E-state index in [1.54, 1.807) is 7.11 Å². The summed E-state index contributed by atoms with van der Waals surface area (Å²) < 4.78 is 7.38. The normalized spacial score (nSPS) is 20.8. The first-order valence-corrected chi connectivity index (χ1v) is 8.26. The fourth-order valence-corrected chi connectivity index (χ4v) is 3.65.